The summed E-state index contributed by atoms with van der Waals surface area (Å²) in [5.74, 6) is 0.847. The highest BCUT2D eigenvalue weighted by Gasteiger charge is 2.08. The van der Waals surface area contributed by atoms with E-state index in [0.717, 1.165) is 22.4 Å². The predicted octanol–water partition coefficient (Wildman–Crippen LogP) is 4.17. The number of aromatic nitrogens is 2. The Morgan fingerprint density at radius 2 is 2.12 bits per heavy atom. The zero-order valence-electron chi connectivity index (χ0n) is 10.2. The zero-order valence-corrected chi connectivity index (χ0v) is 11.0. The van der Waals surface area contributed by atoms with Gasteiger partial charge in [0.2, 0.25) is 5.95 Å². The lowest BCUT2D eigenvalue weighted by Gasteiger charge is -2.12. The summed E-state index contributed by atoms with van der Waals surface area (Å²) in [5.41, 5.74) is 1.95. The normalized spacial score (nSPS) is 10.9. The van der Waals surface area contributed by atoms with Gasteiger partial charge in [-0.15, -0.1) is 0 Å². The van der Waals surface area contributed by atoms with Crippen LogP contribution in [0.5, 0.6) is 0 Å². The van der Waals surface area contributed by atoms with Gasteiger partial charge in [-0.2, -0.15) is 0 Å². The van der Waals surface area contributed by atoms with Crippen molar-refractivity contribution in [3.63, 3.8) is 0 Å². The third-order valence-electron chi connectivity index (χ3n) is 2.49. The Hall–Kier alpha value is -1.48. The second kappa shape index (κ2) is 4.80. The van der Waals surface area contributed by atoms with E-state index in [4.69, 9.17) is 11.6 Å². The number of halogens is 1. The van der Waals surface area contributed by atoms with Gasteiger partial charge in [0, 0.05) is 22.9 Å². The lowest BCUT2D eigenvalue weighted by Crippen LogP contribution is -2.04. The molecule has 0 unspecified atom stereocenters. The Bertz CT molecular complexity index is 517. The Morgan fingerprint density at radius 1 is 1.35 bits per heavy atom. The van der Waals surface area contributed by atoms with Gasteiger partial charge < -0.3 is 9.88 Å². The first-order valence-electron chi connectivity index (χ1n) is 5.64. The van der Waals surface area contributed by atoms with Crippen molar-refractivity contribution in [1.29, 1.82) is 0 Å². The maximum Gasteiger partial charge on any atom is 0.207 e. The molecular formula is C13H16ClN3. The average molecular weight is 250 g/mol. The van der Waals surface area contributed by atoms with Crippen LogP contribution < -0.4 is 5.32 Å². The van der Waals surface area contributed by atoms with Crippen molar-refractivity contribution in [3.8, 4) is 0 Å². The van der Waals surface area contributed by atoms with E-state index < -0.39 is 0 Å². The Morgan fingerprint density at radius 3 is 2.76 bits per heavy atom. The number of hydrogen-bond donors (Lipinski definition) is 1. The highest BCUT2D eigenvalue weighted by Crippen LogP contribution is 2.22. The standard InChI is InChI=1S/C13H16ClN3/c1-9(2)17-8-10(3)15-13(17)16-12-6-4-5-11(14)7-12/h4-9H,1-3H3,(H,15,16). The molecule has 0 aliphatic heterocycles. The molecule has 1 aromatic carbocycles. The van der Waals surface area contributed by atoms with Gasteiger partial charge >= 0.3 is 0 Å². The summed E-state index contributed by atoms with van der Waals surface area (Å²) in [7, 11) is 0. The molecule has 0 fully saturated rings. The van der Waals surface area contributed by atoms with Crippen molar-refractivity contribution in [1.82, 2.24) is 9.55 Å². The molecule has 0 bridgehead atoms. The van der Waals surface area contributed by atoms with Gasteiger partial charge in [-0.25, -0.2) is 4.98 Å². The average Bonchev–Trinajstić information content (AvgIpc) is 2.59. The van der Waals surface area contributed by atoms with Gasteiger partial charge in [0.05, 0.1) is 5.69 Å². The number of nitrogens with one attached hydrogen (secondary N) is 1. The van der Waals surface area contributed by atoms with Gasteiger partial charge in [-0.1, -0.05) is 17.7 Å². The molecule has 17 heavy (non-hydrogen) atoms. The number of aryl methyl sites for hydroxylation is 1. The third-order valence-corrected chi connectivity index (χ3v) is 2.72. The summed E-state index contributed by atoms with van der Waals surface area (Å²) < 4.78 is 2.11. The largest absolute Gasteiger partial charge is 0.326 e. The topological polar surface area (TPSA) is 29.9 Å². The first-order valence-corrected chi connectivity index (χ1v) is 6.02. The lowest BCUT2D eigenvalue weighted by molar-refractivity contribution is 0.607. The van der Waals surface area contributed by atoms with Crippen molar-refractivity contribution in [3.05, 3.63) is 41.2 Å². The van der Waals surface area contributed by atoms with E-state index in [2.05, 4.69) is 28.7 Å². The summed E-state index contributed by atoms with van der Waals surface area (Å²) >= 11 is 5.95. The monoisotopic (exact) mass is 249 g/mol. The molecule has 0 aliphatic rings. The van der Waals surface area contributed by atoms with Crippen LogP contribution in [0.3, 0.4) is 0 Å². The summed E-state index contributed by atoms with van der Waals surface area (Å²) in [6, 6.07) is 8.00. The number of hydrogen-bond acceptors (Lipinski definition) is 2. The van der Waals surface area contributed by atoms with E-state index in [1.165, 1.54) is 0 Å². The molecule has 0 saturated carbocycles. The van der Waals surface area contributed by atoms with Gasteiger partial charge in [-0.3, -0.25) is 0 Å². The van der Waals surface area contributed by atoms with Crippen LogP contribution in [0.4, 0.5) is 11.6 Å². The molecule has 2 rings (SSSR count). The van der Waals surface area contributed by atoms with Crippen molar-refractivity contribution in [2.24, 2.45) is 0 Å². The van der Waals surface area contributed by atoms with E-state index in [-0.39, 0.29) is 0 Å². The molecule has 0 spiro atoms. The summed E-state index contributed by atoms with van der Waals surface area (Å²) in [5, 5.41) is 4.00. The van der Waals surface area contributed by atoms with Gasteiger partial charge in [0.15, 0.2) is 0 Å². The smallest absolute Gasteiger partial charge is 0.207 e. The summed E-state index contributed by atoms with van der Waals surface area (Å²) in [6.45, 7) is 6.25. The first-order chi connectivity index (χ1) is 8.06. The minimum Gasteiger partial charge on any atom is -0.326 e. The van der Waals surface area contributed by atoms with Crippen LogP contribution in [0.25, 0.3) is 0 Å². The van der Waals surface area contributed by atoms with Crippen molar-refractivity contribution < 1.29 is 0 Å². The quantitative estimate of drug-likeness (QED) is 0.885. The fourth-order valence-corrected chi connectivity index (χ4v) is 1.89. The molecule has 1 N–H and O–H groups in total. The van der Waals surface area contributed by atoms with Gasteiger partial charge in [0.25, 0.3) is 0 Å². The molecule has 1 aromatic heterocycles. The van der Waals surface area contributed by atoms with Gasteiger partial charge in [0.1, 0.15) is 0 Å². The molecule has 0 saturated heterocycles. The molecule has 0 radical (unpaired) electrons. The maximum atomic E-state index is 5.95. The molecule has 0 aliphatic carbocycles. The minimum absolute atomic E-state index is 0.373. The lowest BCUT2D eigenvalue weighted by atomic mass is 10.3. The fourth-order valence-electron chi connectivity index (χ4n) is 1.70. The van der Waals surface area contributed by atoms with Crippen molar-refractivity contribution in [2.75, 3.05) is 5.32 Å². The Balaban J connectivity index is 2.29. The van der Waals surface area contributed by atoms with Crippen molar-refractivity contribution >= 4 is 23.2 Å². The van der Waals surface area contributed by atoms with Crippen LogP contribution in [-0.2, 0) is 0 Å². The van der Waals surface area contributed by atoms with Crippen LogP contribution in [0, 0.1) is 6.92 Å². The molecule has 2 aromatic rings. The molecule has 90 valence electrons. The van der Waals surface area contributed by atoms with Crippen LogP contribution in [0.15, 0.2) is 30.5 Å². The first kappa shape index (κ1) is 12.0. The molecule has 4 heteroatoms. The molecule has 0 atom stereocenters. The van der Waals surface area contributed by atoms with Gasteiger partial charge in [-0.05, 0) is 39.0 Å². The molecular weight excluding hydrogens is 234 g/mol. The molecule has 1 heterocycles. The molecule has 0 amide bonds. The second-order valence-corrected chi connectivity index (χ2v) is 4.78. The van der Waals surface area contributed by atoms with Crippen LogP contribution in [0.2, 0.25) is 5.02 Å². The summed E-state index contributed by atoms with van der Waals surface area (Å²) in [6.07, 6.45) is 2.04. The van der Waals surface area contributed by atoms with E-state index in [1.54, 1.807) is 0 Å². The Labute approximate surface area is 106 Å². The van der Waals surface area contributed by atoms with Crippen molar-refractivity contribution in [2.45, 2.75) is 26.8 Å². The van der Waals surface area contributed by atoms with Crippen LogP contribution in [-0.4, -0.2) is 9.55 Å². The van der Waals surface area contributed by atoms with Crippen LogP contribution in [0.1, 0.15) is 25.6 Å². The van der Waals surface area contributed by atoms with E-state index >= 15 is 0 Å². The zero-order chi connectivity index (χ0) is 12.4. The third kappa shape index (κ3) is 2.80. The number of rotatable bonds is 3. The van der Waals surface area contributed by atoms with E-state index in [0.29, 0.717) is 6.04 Å². The van der Waals surface area contributed by atoms with E-state index in [9.17, 15) is 0 Å². The highest BCUT2D eigenvalue weighted by molar-refractivity contribution is 6.30. The van der Waals surface area contributed by atoms with Crippen LogP contribution >= 0.6 is 11.6 Å². The number of benzene rings is 1. The number of anilines is 2. The van der Waals surface area contributed by atoms with E-state index in [1.807, 2.05) is 37.4 Å². The molecule has 3 nitrogen and oxygen atoms in total. The second-order valence-electron chi connectivity index (χ2n) is 4.34. The number of nitrogens with zero attached hydrogens (tertiary/aromatic N) is 2. The predicted molar refractivity (Wildman–Crippen MR) is 72.1 cm³/mol. The highest BCUT2D eigenvalue weighted by atomic mass is 35.5. The number of imidazole rings is 1. The SMILES string of the molecule is Cc1cn(C(C)C)c(Nc2cccc(Cl)c2)n1. The maximum absolute atomic E-state index is 5.95. The Kier molecular flexibility index (Phi) is 3.38. The summed E-state index contributed by atoms with van der Waals surface area (Å²) in [4.78, 5) is 4.47. The minimum atomic E-state index is 0.373. The fraction of sp³-hybridized carbons (Fsp3) is 0.308.